The fourth-order valence-electron chi connectivity index (χ4n) is 1.04. The fourth-order valence-corrected chi connectivity index (χ4v) is 1.37. The van der Waals surface area contributed by atoms with Crippen molar-refractivity contribution in [3.63, 3.8) is 0 Å². The summed E-state index contributed by atoms with van der Waals surface area (Å²) in [5, 5.41) is 1.84. The minimum Gasteiger partial charge on any atom is -0.478 e. The normalized spacial score (nSPS) is 11.7. The quantitative estimate of drug-likeness (QED) is 0.889. The number of hydrogen-bond donors (Lipinski definition) is 2. The summed E-state index contributed by atoms with van der Waals surface area (Å²) in [4.78, 5) is 21.7. The zero-order chi connectivity index (χ0) is 13.0. The molecule has 1 rings (SSSR count). The highest BCUT2D eigenvalue weighted by molar-refractivity contribution is 9.10. The van der Waals surface area contributed by atoms with Crippen molar-refractivity contribution in [2.24, 2.45) is 5.73 Å². The predicted octanol–water partition coefficient (Wildman–Crippen LogP) is 1.55. The maximum absolute atomic E-state index is 13.4. The van der Waals surface area contributed by atoms with E-state index in [4.69, 9.17) is 10.5 Å². The van der Waals surface area contributed by atoms with Crippen molar-refractivity contribution in [1.82, 2.24) is 5.32 Å². The molecule has 0 heterocycles. The molecule has 0 bridgehead atoms. The van der Waals surface area contributed by atoms with Gasteiger partial charge in [-0.15, -0.1) is 0 Å². The molecule has 0 aliphatic heterocycles. The average molecular weight is 305 g/mol. The molecule has 0 aliphatic rings. The minimum absolute atomic E-state index is 0.0830. The van der Waals surface area contributed by atoms with Gasteiger partial charge in [-0.05, 0) is 25.1 Å². The molecule has 0 aromatic heterocycles. The molecule has 3 amide bonds. The highest BCUT2D eigenvalue weighted by atomic mass is 79.9. The molecule has 5 nitrogen and oxygen atoms in total. The lowest BCUT2D eigenvalue weighted by Crippen LogP contribution is -2.42. The molecule has 17 heavy (non-hydrogen) atoms. The van der Waals surface area contributed by atoms with Gasteiger partial charge in [0.05, 0.1) is 0 Å². The molecular formula is C10H10BrFN2O3. The van der Waals surface area contributed by atoms with Crippen LogP contribution in [0.4, 0.5) is 9.18 Å². The number of halogens is 2. The standard InChI is InChI=1S/C10H10BrFN2O3/c1-5(9(15)14-10(13)16)17-8-3-2-6(11)4-7(8)12/h2-5H,1H3,(H3,13,14,15,16)/t5-/m0/s1. The Balaban J connectivity index is 2.70. The van der Waals surface area contributed by atoms with Crippen LogP contribution in [-0.4, -0.2) is 18.0 Å². The zero-order valence-electron chi connectivity index (χ0n) is 8.87. The summed E-state index contributed by atoms with van der Waals surface area (Å²) in [7, 11) is 0. The molecule has 3 N–H and O–H groups in total. The first-order valence-corrected chi connectivity index (χ1v) is 5.41. The van der Waals surface area contributed by atoms with Gasteiger partial charge in [-0.25, -0.2) is 9.18 Å². The molecule has 0 fully saturated rings. The fraction of sp³-hybridized carbons (Fsp3) is 0.200. The van der Waals surface area contributed by atoms with E-state index in [1.165, 1.54) is 19.1 Å². The summed E-state index contributed by atoms with van der Waals surface area (Å²) >= 11 is 3.09. The van der Waals surface area contributed by atoms with E-state index < -0.39 is 23.9 Å². The van der Waals surface area contributed by atoms with E-state index in [9.17, 15) is 14.0 Å². The van der Waals surface area contributed by atoms with Gasteiger partial charge in [-0.1, -0.05) is 15.9 Å². The number of primary amides is 1. The second kappa shape index (κ2) is 5.62. The van der Waals surface area contributed by atoms with Crippen LogP contribution in [0.5, 0.6) is 5.75 Å². The Morgan fingerprint density at radius 3 is 2.71 bits per heavy atom. The van der Waals surface area contributed by atoms with E-state index in [0.29, 0.717) is 4.47 Å². The van der Waals surface area contributed by atoms with Crippen LogP contribution in [-0.2, 0) is 4.79 Å². The maximum atomic E-state index is 13.4. The van der Waals surface area contributed by atoms with Gasteiger partial charge in [0.15, 0.2) is 17.7 Å². The third kappa shape index (κ3) is 4.03. The van der Waals surface area contributed by atoms with Gasteiger partial charge in [0.2, 0.25) is 0 Å². The van der Waals surface area contributed by atoms with Crippen LogP contribution < -0.4 is 15.8 Å². The van der Waals surface area contributed by atoms with Gasteiger partial charge in [0.25, 0.3) is 5.91 Å². The lowest BCUT2D eigenvalue weighted by Gasteiger charge is -2.13. The minimum atomic E-state index is -1.03. The Morgan fingerprint density at radius 2 is 2.18 bits per heavy atom. The van der Waals surface area contributed by atoms with Gasteiger partial charge >= 0.3 is 6.03 Å². The van der Waals surface area contributed by atoms with E-state index in [1.54, 1.807) is 6.07 Å². The number of benzene rings is 1. The molecule has 7 heteroatoms. The van der Waals surface area contributed by atoms with Crippen molar-refractivity contribution >= 4 is 27.9 Å². The third-order valence-electron chi connectivity index (χ3n) is 1.81. The van der Waals surface area contributed by atoms with Crippen LogP contribution in [0.15, 0.2) is 22.7 Å². The van der Waals surface area contributed by atoms with Crippen molar-refractivity contribution in [3.8, 4) is 5.75 Å². The lowest BCUT2D eigenvalue weighted by molar-refractivity contribution is -0.126. The number of carbonyl (C=O) groups is 2. The zero-order valence-corrected chi connectivity index (χ0v) is 10.5. The first-order chi connectivity index (χ1) is 7.90. The number of nitrogens with two attached hydrogens (primary N) is 1. The van der Waals surface area contributed by atoms with Crippen molar-refractivity contribution in [2.45, 2.75) is 13.0 Å². The van der Waals surface area contributed by atoms with Gasteiger partial charge < -0.3 is 10.5 Å². The Labute approximate surface area is 105 Å². The summed E-state index contributed by atoms with van der Waals surface area (Å²) in [5.41, 5.74) is 4.77. The van der Waals surface area contributed by atoms with Crippen LogP contribution >= 0.6 is 15.9 Å². The molecule has 92 valence electrons. The molecule has 1 aromatic rings. The van der Waals surface area contributed by atoms with E-state index >= 15 is 0 Å². The number of amides is 3. The molecule has 0 saturated carbocycles. The topological polar surface area (TPSA) is 81.4 Å². The van der Waals surface area contributed by atoms with Crippen LogP contribution in [0, 0.1) is 5.82 Å². The Hall–Kier alpha value is -1.63. The number of imide groups is 1. The largest absolute Gasteiger partial charge is 0.478 e. The molecule has 0 spiro atoms. The SMILES string of the molecule is C[C@H](Oc1ccc(Br)cc1F)C(=O)NC(N)=O. The highest BCUT2D eigenvalue weighted by Gasteiger charge is 2.17. The van der Waals surface area contributed by atoms with Crippen molar-refractivity contribution in [3.05, 3.63) is 28.5 Å². The number of urea groups is 1. The van der Waals surface area contributed by atoms with E-state index in [0.717, 1.165) is 0 Å². The molecule has 0 radical (unpaired) electrons. The maximum Gasteiger partial charge on any atom is 0.318 e. The summed E-state index contributed by atoms with van der Waals surface area (Å²) in [5.74, 6) is -1.43. The van der Waals surface area contributed by atoms with Gasteiger partial charge in [-0.2, -0.15) is 0 Å². The monoisotopic (exact) mass is 304 g/mol. The molecule has 0 aliphatic carbocycles. The number of carbonyl (C=O) groups excluding carboxylic acids is 2. The third-order valence-corrected chi connectivity index (χ3v) is 2.31. The predicted molar refractivity (Wildman–Crippen MR) is 61.9 cm³/mol. The molecule has 0 unspecified atom stereocenters. The van der Waals surface area contributed by atoms with Gasteiger partial charge in [0.1, 0.15) is 0 Å². The smallest absolute Gasteiger partial charge is 0.318 e. The van der Waals surface area contributed by atoms with Crippen molar-refractivity contribution in [1.29, 1.82) is 0 Å². The highest BCUT2D eigenvalue weighted by Crippen LogP contribution is 2.22. The van der Waals surface area contributed by atoms with Gasteiger partial charge in [-0.3, -0.25) is 10.1 Å². The lowest BCUT2D eigenvalue weighted by atomic mass is 10.3. The van der Waals surface area contributed by atoms with Gasteiger partial charge in [0, 0.05) is 4.47 Å². The van der Waals surface area contributed by atoms with Crippen molar-refractivity contribution in [2.75, 3.05) is 0 Å². The summed E-state index contributed by atoms with van der Waals surface area (Å²) in [6, 6.07) is 3.15. The van der Waals surface area contributed by atoms with Crippen molar-refractivity contribution < 1.29 is 18.7 Å². The second-order valence-electron chi connectivity index (χ2n) is 3.19. The summed E-state index contributed by atoms with van der Waals surface area (Å²) in [6.07, 6.45) is -1.03. The molecule has 1 aromatic carbocycles. The van der Waals surface area contributed by atoms with Crippen LogP contribution in [0.3, 0.4) is 0 Å². The number of hydrogen-bond acceptors (Lipinski definition) is 3. The second-order valence-corrected chi connectivity index (χ2v) is 4.10. The molecule has 1 atom stereocenters. The van der Waals surface area contributed by atoms with Crippen LogP contribution in [0.25, 0.3) is 0 Å². The molecule has 0 saturated heterocycles. The summed E-state index contributed by atoms with van der Waals surface area (Å²) < 4.78 is 19.0. The van der Waals surface area contributed by atoms with E-state index in [-0.39, 0.29) is 5.75 Å². The molecular weight excluding hydrogens is 295 g/mol. The van der Waals surface area contributed by atoms with E-state index in [2.05, 4.69) is 15.9 Å². The van der Waals surface area contributed by atoms with E-state index in [1.807, 2.05) is 5.32 Å². The number of nitrogens with one attached hydrogen (secondary N) is 1. The average Bonchev–Trinajstić information content (AvgIpc) is 2.21. The first kappa shape index (κ1) is 13.4. The number of rotatable bonds is 3. The van der Waals surface area contributed by atoms with Crippen LogP contribution in [0.2, 0.25) is 0 Å². The Kier molecular flexibility index (Phi) is 4.45. The first-order valence-electron chi connectivity index (χ1n) is 4.62. The van der Waals surface area contributed by atoms with Crippen LogP contribution in [0.1, 0.15) is 6.92 Å². The Bertz CT molecular complexity index is 453. The summed E-state index contributed by atoms with van der Waals surface area (Å²) in [6.45, 7) is 1.37. The Morgan fingerprint density at radius 1 is 1.53 bits per heavy atom. The number of ether oxygens (including phenoxy) is 1.